The third-order valence-corrected chi connectivity index (χ3v) is 4.10. The molecule has 1 amide bonds. The number of rotatable bonds is 3. The smallest absolute Gasteiger partial charge is 0.238 e. The summed E-state index contributed by atoms with van der Waals surface area (Å²) in [5.74, 6) is 0.0139. The first kappa shape index (κ1) is 15.3. The summed E-state index contributed by atoms with van der Waals surface area (Å²) in [5, 5.41) is 2.92. The molecule has 5 nitrogen and oxygen atoms in total. The second-order valence-corrected chi connectivity index (χ2v) is 6.07. The van der Waals surface area contributed by atoms with E-state index in [9.17, 15) is 4.79 Å². The second kappa shape index (κ2) is 7.06. The van der Waals surface area contributed by atoms with Gasteiger partial charge in [-0.2, -0.15) is 0 Å². The molecule has 3 N–H and O–H groups in total. The first-order valence-corrected chi connectivity index (χ1v) is 7.59. The fourth-order valence-electron chi connectivity index (χ4n) is 2.28. The number of nitrogens with two attached hydrogens (primary N) is 1. The number of carbonyl (C=O) groups is 1. The number of nitrogens with zero attached hydrogens (tertiary/aromatic N) is 2. The van der Waals surface area contributed by atoms with Gasteiger partial charge in [0.05, 0.1) is 12.2 Å². The van der Waals surface area contributed by atoms with Crippen LogP contribution in [0.15, 0.2) is 22.7 Å². The third kappa shape index (κ3) is 4.47. The molecule has 1 fully saturated rings. The van der Waals surface area contributed by atoms with Gasteiger partial charge < -0.3 is 16.0 Å². The summed E-state index contributed by atoms with van der Waals surface area (Å²) in [6, 6.07) is 5.38. The van der Waals surface area contributed by atoms with Gasteiger partial charge in [-0.1, -0.05) is 0 Å². The SMILES string of the molecule is CN1CCCN(CC(=O)Nc2ccc(N)cc2Br)CC1. The average Bonchev–Trinajstić information content (AvgIpc) is 2.58. The highest BCUT2D eigenvalue weighted by Crippen LogP contribution is 2.24. The molecule has 20 heavy (non-hydrogen) atoms. The largest absolute Gasteiger partial charge is 0.399 e. The molecule has 110 valence electrons. The Morgan fingerprint density at radius 1 is 1.35 bits per heavy atom. The van der Waals surface area contributed by atoms with E-state index < -0.39 is 0 Å². The van der Waals surface area contributed by atoms with Crippen LogP contribution in [-0.4, -0.2) is 55.5 Å². The molecule has 1 aromatic carbocycles. The zero-order chi connectivity index (χ0) is 14.5. The summed E-state index contributed by atoms with van der Waals surface area (Å²) < 4.78 is 0.807. The fourth-order valence-corrected chi connectivity index (χ4v) is 2.78. The van der Waals surface area contributed by atoms with E-state index in [1.807, 2.05) is 6.07 Å². The van der Waals surface area contributed by atoms with Crippen molar-refractivity contribution >= 4 is 33.2 Å². The number of halogens is 1. The molecule has 0 atom stereocenters. The van der Waals surface area contributed by atoms with Crippen LogP contribution in [0.3, 0.4) is 0 Å². The molecular formula is C14H21BrN4O. The van der Waals surface area contributed by atoms with E-state index in [-0.39, 0.29) is 5.91 Å². The Hall–Kier alpha value is -1.11. The van der Waals surface area contributed by atoms with Crippen molar-refractivity contribution in [2.24, 2.45) is 0 Å². The van der Waals surface area contributed by atoms with Gasteiger partial charge in [0.2, 0.25) is 5.91 Å². The normalized spacial score (nSPS) is 17.7. The molecular weight excluding hydrogens is 320 g/mol. The predicted molar refractivity (Wildman–Crippen MR) is 85.7 cm³/mol. The molecule has 1 saturated heterocycles. The number of anilines is 2. The van der Waals surface area contributed by atoms with Crippen molar-refractivity contribution < 1.29 is 4.79 Å². The summed E-state index contributed by atoms with van der Waals surface area (Å²) in [5.41, 5.74) is 7.11. The lowest BCUT2D eigenvalue weighted by Crippen LogP contribution is -2.35. The van der Waals surface area contributed by atoms with Crippen LogP contribution in [0.2, 0.25) is 0 Å². The summed E-state index contributed by atoms with van der Waals surface area (Å²) in [4.78, 5) is 16.6. The second-order valence-electron chi connectivity index (χ2n) is 5.22. The highest BCUT2D eigenvalue weighted by atomic mass is 79.9. The van der Waals surface area contributed by atoms with Crippen molar-refractivity contribution in [2.75, 3.05) is 50.8 Å². The quantitative estimate of drug-likeness (QED) is 0.820. The zero-order valence-corrected chi connectivity index (χ0v) is 13.3. The van der Waals surface area contributed by atoms with Gasteiger partial charge in [-0.25, -0.2) is 0 Å². The minimum Gasteiger partial charge on any atom is -0.399 e. The highest BCUT2D eigenvalue weighted by molar-refractivity contribution is 9.10. The lowest BCUT2D eigenvalue weighted by molar-refractivity contribution is -0.117. The van der Waals surface area contributed by atoms with Crippen LogP contribution < -0.4 is 11.1 Å². The minimum absolute atomic E-state index is 0.0139. The molecule has 0 unspecified atom stereocenters. The molecule has 1 aliphatic heterocycles. The van der Waals surface area contributed by atoms with Crippen molar-refractivity contribution in [1.82, 2.24) is 9.80 Å². The van der Waals surface area contributed by atoms with E-state index in [0.717, 1.165) is 42.8 Å². The maximum absolute atomic E-state index is 12.1. The molecule has 0 aliphatic carbocycles. The van der Waals surface area contributed by atoms with Crippen molar-refractivity contribution in [3.8, 4) is 0 Å². The Balaban J connectivity index is 1.88. The predicted octanol–water partition coefficient (Wildman–Crippen LogP) is 1.61. The number of amides is 1. The van der Waals surface area contributed by atoms with E-state index in [0.29, 0.717) is 12.2 Å². The van der Waals surface area contributed by atoms with Crippen LogP contribution >= 0.6 is 15.9 Å². The summed E-state index contributed by atoms with van der Waals surface area (Å²) in [6.45, 7) is 4.46. The number of hydrogen-bond donors (Lipinski definition) is 2. The minimum atomic E-state index is 0.0139. The topological polar surface area (TPSA) is 61.6 Å². The van der Waals surface area contributed by atoms with Gasteiger partial charge in [0.1, 0.15) is 0 Å². The molecule has 0 saturated carbocycles. The standard InChI is InChI=1S/C14H21BrN4O/c1-18-5-2-6-19(8-7-18)10-14(20)17-13-4-3-11(16)9-12(13)15/h3-4,9H,2,5-8,10,16H2,1H3,(H,17,20). The summed E-state index contributed by atoms with van der Waals surface area (Å²) >= 11 is 3.41. The zero-order valence-electron chi connectivity index (χ0n) is 11.7. The molecule has 2 rings (SSSR count). The molecule has 0 bridgehead atoms. The van der Waals surface area contributed by atoms with Crippen LogP contribution in [0.1, 0.15) is 6.42 Å². The Labute approximate surface area is 128 Å². The Morgan fingerprint density at radius 2 is 2.15 bits per heavy atom. The molecule has 6 heteroatoms. The van der Waals surface area contributed by atoms with E-state index in [1.54, 1.807) is 12.1 Å². The van der Waals surface area contributed by atoms with Crippen molar-refractivity contribution in [1.29, 1.82) is 0 Å². The molecule has 0 radical (unpaired) electrons. The number of benzene rings is 1. The maximum Gasteiger partial charge on any atom is 0.238 e. The fraction of sp³-hybridized carbons (Fsp3) is 0.500. The molecule has 1 heterocycles. The number of likely N-dealkylation sites (N-methyl/N-ethyl adjacent to an activating group) is 1. The third-order valence-electron chi connectivity index (χ3n) is 3.45. The lowest BCUT2D eigenvalue weighted by Gasteiger charge is -2.19. The summed E-state index contributed by atoms with van der Waals surface area (Å²) in [6.07, 6.45) is 1.11. The van der Waals surface area contributed by atoms with Gasteiger partial charge in [0, 0.05) is 23.2 Å². The van der Waals surface area contributed by atoms with Crippen LogP contribution in [-0.2, 0) is 4.79 Å². The van der Waals surface area contributed by atoms with E-state index in [4.69, 9.17) is 5.73 Å². The summed E-state index contributed by atoms with van der Waals surface area (Å²) in [7, 11) is 2.12. The first-order valence-electron chi connectivity index (χ1n) is 6.80. The van der Waals surface area contributed by atoms with Crippen LogP contribution in [0.25, 0.3) is 0 Å². The van der Waals surface area contributed by atoms with Crippen molar-refractivity contribution in [3.05, 3.63) is 22.7 Å². The van der Waals surface area contributed by atoms with Crippen molar-refractivity contribution in [3.63, 3.8) is 0 Å². The number of nitrogen functional groups attached to an aromatic ring is 1. The highest BCUT2D eigenvalue weighted by Gasteiger charge is 2.15. The van der Waals surface area contributed by atoms with Crippen molar-refractivity contribution in [2.45, 2.75) is 6.42 Å². The Morgan fingerprint density at radius 3 is 2.90 bits per heavy atom. The molecule has 1 aromatic rings. The Bertz CT molecular complexity index is 480. The molecule has 0 aromatic heterocycles. The van der Waals surface area contributed by atoms with E-state index in [1.165, 1.54) is 0 Å². The molecule has 0 spiro atoms. The number of carbonyl (C=O) groups excluding carboxylic acids is 1. The van der Waals surface area contributed by atoms with Gasteiger partial charge in [0.25, 0.3) is 0 Å². The first-order chi connectivity index (χ1) is 9.54. The monoisotopic (exact) mass is 340 g/mol. The lowest BCUT2D eigenvalue weighted by atomic mass is 10.3. The van der Waals surface area contributed by atoms with E-state index in [2.05, 4.69) is 38.1 Å². The van der Waals surface area contributed by atoms with Gasteiger partial charge >= 0.3 is 0 Å². The van der Waals surface area contributed by atoms with Gasteiger partial charge in [-0.15, -0.1) is 0 Å². The maximum atomic E-state index is 12.1. The van der Waals surface area contributed by atoms with E-state index >= 15 is 0 Å². The van der Waals surface area contributed by atoms with Crippen LogP contribution in [0.4, 0.5) is 11.4 Å². The van der Waals surface area contributed by atoms with Gasteiger partial charge in [-0.3, -0.25) is 9.69 Å². The number of nitrogens with one attached hydrogen (secondary N) is 1. The Kier molecular flexibility index (Phi) is 5.39. The van der Waals surface area contributed by atoms with Gasteiger partial charge in [0.15, 0.2) is 0 Å². The van der Waals surface area contributed by atoms with Gasteiger partial charge in [-0.05, 0) is 60.7 Å². The van der Waals surface area contributed by atoms with Crippen LogP contribution in [0, 0.1) is 0 Å². The molecule has 1 aliphatic rings. The number of hydrogen-bond acceptors (Lipinski definition) is 4. The average molecular weight is 341 g/mol. The van der Waals surface area contributed by atoms with Crippen LogP contribution in [0.5, 0.6) is 0 Å².